The van der Waals surface area contributed by atoms with Crippen LogP contribution in [0.5, 0.6) is 0 Å². The van der Waals surface area contributed by atoms with Gasteiger partial charge in [0.1, 0.15) is 5.15 Å². The molecular weight excluding hydrogens is 250 g/mol. The molecule has 96 valence electrons. The lowest BCUT2D eigenvalue weighted by Crippen LogP contribution is -2.06. The summed E-state index contributed by atoms with van der Waals surface area (Å²) in [6, 6.07) is 5.48. The highest BCUT2D eigenvalue weighted by Gasteiger charge is 2.13. The summed E-state index contributed by atoms with van der Waals surface area (Å²) in [6.45, 7) is 2.06. The number of rotatable bonds is 4. The molecule has 0 saturated carbocycles. The van der Waals surface area contributed by atoms with Crippen LogP contribution in [0.15, 0.2) is 24.4 Å². The normalized spacial score (nSPS) is 12.7. The number of halogens is 1. The van der Waals surface area contributed by atoms with Crippen molar-refractivity contribution in [2.24, 2.45) is 7.05 Å². The van der Waals surface area contributed by atoms with E-state index >= 15 is 0 Å². The molecule has 0 fully saturated rings. The predicted octanol–water partition coefficient (Wildman–Crippen LogP) is 2.31. The van der Waals surface area contributed by atoms with Crippen LogP contribution in [0.1, 0.15) is 30.0 Å². The molecule has 0 spiro atoms. The minimum atomic E-state index is -0.592. The molecule has 2 rings (SSSR count). The first-order valence-electron chi connectivity index (χ1n) is 5.91. The van der Waals surface area contributed by atoms with Crippen LogP contribution in [0.25, 0.3) is 0 Å². The van der Waals surface area contributed by atoms with Gasteiger partial charge in [-0.3, -0.25) is 4.68 Å². The maximum atomic E-state index is 10.2. The molecular formula is C13H16ClN3O. The van der Waals surface area contributed by atoms with Crippen LogP contribution in [0.3, 0.4) is 0 Å². The zero-order valence-corrected chi connectivity index (χ0v) is 11.2. The van der Waals surface area contributed by atoms with Gasteiger partial charge >= 0.3 is 0 Å². The standard InChI is InChI=1S/C13H16ClN3O/c1-3-10-7-11(17(2)16-10)8-12(18)9-4-5-15-13(14)6-9/h4-7,12,18H,3,8H2,1-2H3. The molecule has 1 unspecified atom stereocenters. The van der Waals surface area contributed by atoms with Crippen molar-refractivity contribution in [3.63, 3.8) is 0 Å². The molecule has 1 atom stereocenters. The first-order chi connectivity index (χ1) is 8.60. The van der Waals surface area contributed by atoms with Crippen molar-refractivity contribution in [3.8, 4) is 0 Å². The van der Waals surface area contributed by atoms with Crippen LogP contribution in [0, 0.1) is 0 Å². The first kappa shape index (κ1) is 13.1. The Balaban J connectivity index is 2.15. The van der Waals surface area contributed by atoms with Gasteiger partial charge in [-0.15, -0.1) is 0 Å². The van der Waals surface area contributed by atoms with Crippen LogP contribution < -0.4 is 0 Å². The molecule has 2 aromatic heterocycles. The van der Waals surface area contributed by atoms with Crippen molar-refractivity contribution in [2.75, 3.05) is 0 Å². The number of hydrogen-bond acceptors (Lipinski definition) is 3. The molecule has 0 radical (unpaired) electrons. The molecule has 0 amide bonds. The topological polar surface area (TPSA) is 50.9 Å². The first-order valence-corrected chi connectivity index (χ1v) is 6.29. The van der Waals surface area contributed by atoms with E-state index in [1.807, 2.05) is 17.8 Å². The third-order valence-corrected chi connectivity index (χ3v) is 3.13. The second-order valence-electron chi connectivity index (χ2n) is 4.24. The molecule has 4 nitrogen and oxygen atoms in total. The van der Waals surface area contributed by atoms with Gasteiger partial charge in [0, 0.05) is 25.4 Å². The maximum Gasteiger partial charge on any atom is 0.129 e. The smallest absolute Gasteiger partial charge is 0.129 e. The highest BCUT2D eigenvalue weighted by Crippen LogP contribution is 2.20. The highest BCUT2D eigenvalue weighted by molar-refractivity contribution is 6.29. The van der Waals surface area contributed by atoms with Gasteiger partial charge in [0.2, 0.25) is 0 Å². The molecule has 0 saturated heterocycles. The largest absolute Gasteiger partial charge is 0.388 e. The van der Waals surface area contributed by atoms with Crippen molar-refractivity contribution >= 4 is 11.6 Å². The Bertz CT molecular complexity index is 539. The van der Waals surface area contributed by atoms with Gasteiger partial charge in [-0.25, -0.2) is 4.98 Å². The summed E-state index contributed by atoms with van der Waals surface area (Å²) in [4.78, 5) is 3.90. The summed E-state index contributed by atoms with van der Waals surface area (Å²) in [6.07, 6.45) is 2.42. The number of hydrogen-bond donors (Lipinski definition) is 1. The Morgan fingerprint density at radius 3 is 2.83 bits per heavy atom. The van der Waals surface area contributed by atoms with Gasteiger partial charge in [-0.1, -0.05) is 18.5 Å². The number of aromatic nitrogens is 3. The lowest BCUT2D eigenvalue weighted by molar-refractivity contribution is 0.175. The summed E-state index contributed by atoms with van der Waals surface area (Å²) in [5.74, 6) is 0. The van der Waals surface area contributed by atoms with Crippen LogP contribution in [0.2, 0.25) is 5.15 Å². The van der Waals surface area contributed by atoms with Crippen LogP contribution in [-0.2, 0) is 19.9 Å². The Labute approximate surface area is 111 Å². The van der Waals surface area contributed by atoms with Crippen molar-refractivity contribution in [1.82, 2.24) is 14.8 Å². The quantitative estimate of drug-likeness (QED) is 0.863. The van der Waals surface area contributed by atoms with Gasteiger partial charge in [0.25, 0.3) is 0 Å². The van der Waals surface area contributed by atoms with E-state index in [4.69, 9.17) is 11.6 Å². The lowest BCUT2D eigenvalue weighted by atomic mass is 10.1. The second kappa shape index (κ2) is 5.50. The molecule has 18 heavy (non-hydrogen) atoms. The molecule has 5 heteroatoms. The van der Waals surface area contributed by atoms with Crippen molar-refractivity contribution in [3.05, 3.63) is 46.5 Å². The summed E-state index contributed by atoms with van der Waals surface area (Å²) < 4.78 is 1.81. The van der Waals surface area contributed by atoms with E-state index in [1.54, 1.807) is 18.3 Å². The number of aliphatic hydroxyl groups is 1. The Kier molecular flexibility index (Phi) is 3.99. The van der Waals surface area contributed by atoms with E-state index in [0.717, 1.165) is 23.4 Å². The molecule has 0 aromatic carbocycles. The predicted molar refractivity (Wildman–Crippen MR) is 70.5 cm³/mol. The van der Waals surface area contributed by atoms with Gasteiger partial charge in [-0.05, 0) is 30.2 Å². The number of aliphatic hydroxyl groups excluding tert-OH is 1. The van der Waals surface area contributed by atoms with Crippen LogP contribution in [0.4, 0.5) is 0 Å². The van der Waals surface area contributed by atoms with Gasteiger partial charge in [0.05, 0.1) is 11.8 Å². The average Bonchev–Trinajstić information content (AvgIpc) is 2.70. The summed E-state index contributed by atoms with van der Waals surface area (Å²) in [7, 11) is 1.89. The zero-order valence-electron chi connectivity index (χ0n) is 10.5. The molecule has 2 heterocycles. The van der Waals surface area contributed by atoms with Gasteiger partial charge in [-0.2, -0.15) is 5.10 Å². The summed E-state index contributed by atoms with van der Waals surface area (Å²) >= 11 is 5.81. The minimum absolute atomic E-state index is 0.394. The van der Waals surface area contributed by atoms with E-state index in [1.165, 1.54) is 0 Å². The maximum absolute atomic E-state index is 10.2. The summed E-state index contributed by atoms with van der Waals surface area (Å²) in [5, 5.41) is 14.9. The third kappa shape index (κ3) is 2.89. The number of pyridine rings is 1. The Hall–Kier alpha value is -1.39. The number of nitrogens with zero attached hydrogens (tertiary/aromatic N) is 3. The average molecular weight is 266 g/mol. The van der Waals surface area contributed by atoms with E-state index < -0.39 is 6.10 Å². The summed E-state index contributed by atoms with van der Waals surface area (Å²) in [5.41, 5.74) is 2.81. The fourth-order valence-corrected chi connectivity index (χ4v) is 2.06. The van der Waals surface area contributed by atoms with Crippen LogP contribution >= 0.6 is 11.6 Å². The van der Waals surface area contributed by atoms with E-state index in [9.17, 15) is 5.11 Å². The molecule has 0 bridgehead atoms. The van der Waals surface area contributed by atoms with Crippen LogP contribution in [-0.4, -0.2) is 19.9 Å². The third-order valence-electron chi connectivity index (χ3n) is 2.93. The molecule has 0 aliphatic heterocycles. The SMILES string of the molecule is CCc1cc(CC(O)c2ccnc(Cl)c2)n(C)n1. The Morgan fingerprint density at radius 2 is 2.22 bits per heavy atom. The molecule has 0 aliphatic carbocycles. The molecule has 2 aromatic rings. The lowest BCUT2D eigenvalue weighted by Gasteiger charge is -2.10. The minimum Gasteiger partial charge on any atom is -0.388 e. The van der Waals surface area contributed by atoms with E-state index in [-0.39, 0.29) is 0 Å². The fourth-order valence-electron chi connectivity index (χ4n) is 1.88. The van der Waals surface area contributed by atoms with E-state index in [2.05, 4.69) is 17.0 Å². The van der Waals surface area contributed by atoms with Crippen molar-refractivity contribution in [1.29, 1.82) is 0 Å². The second-order valence-corrected chi connectivity index (χ2v) is 4.62. The monoisotopic (exact) mass is 265 g/mol. The molecule has 1 N–H and O–H groups in total. The van der Waals surface area contributed by atoms with Crippen molar-refractivity contribution in [2.45, 2.75) is 25.9 Å². The van der Waals surface area contributed by atoms with Gasteiger partial charge in [0.15, 0.2) is 0 Å². The molecule has 0 aliphatic rings. The zero-order chi connectivity index (χ0) is 13.1. The Morgan fingerprint density at radius 1 is 1.44 bits per heavy atom. The highest BCUT2D eigenvalue weighted by atomic mass is 35.5. The van der Waals surface area contributed by atoms with Crippen molar-refractivity contribution < 1.29 is 5.11 Å². The van der Waals surface area contributed by atoms with E-state index in [0.29, 0.717) is 11.6 Å². The fraction of sp³-hybridized carbons (Fsp3) is 0.385. The number of aryl methyl sites for hydroxylation is 2. The van der Waals surface area contributed by atoms with Gasteiger partial charge < -0.3 is 5.11 Å².